The molecular formula is C6H13NO3S. The smallest absolute Gasteiger partial charge is 0.326 e. The van der Waals surface area contributed by atoms with E-state index in [1.807, 2.05) is 0 Å². The van der Waals surface area contributed by atoms with Gasteiger partial charge >= 0.3 is 5.97 Å². The lowest BCUT2D eigenvalue weighted by molar-refractivity contribution is -0.153. The minimum absolute atomic E-state index is 0.633. The molecule has 0 aliphatic rings. The highest BCUT2D eigenvalue weighted by Crippen LogP contribution is 2.16. The Labute approximate surface area is 71.1 Å². The molecule has 3 N–H and O–H groups in total. The molecular weight excluding hydrogens is 166 g/mol. The summed E-state index contributed by atoms with van der Waals surface area (Å²) in [5.74, 6) is -0.646. The molecule has 0 aromatic heterocycles. The summed E-state index contributed by atoms with van der Waals surface area (Å²) in [6.07, 6.45) is 0. The summed E-state index contributed by atoms with van der Waals surface area (Å²) in [5, 5.41) is 8.23. The predicted octanol–water partition coefficient (Wildman–Crippen LogP) is -0.485. The van der Waals surface area contributed by atoms with Gasteiger partial charge in [-0.3, -0.25) is 4.79 Å². The number of ether oxygens (including phenoxy) is 1. The zero-order valence-electron chi connectivity index (χ0n) is 6.57. The maximum Gasteiger partial charge on any atom is 0.326 e. The van der Waals surface area contributed by atoms with E-state index in [1.54, 1.807) is 13.8 Å². The van der Waals surface area contributed by atoms with E-state index in [0.29, 0.717) is 0 Å². The van der Waals surface area contributed by atoms with Crippen LogP contribution in [0.3, 0.4) is 0 Å². The second-order valence-corrected chi connectivity index (χ2v) is 3.88. The van der Waals surface area contributed by atoms with Crippen molar-refractivity contribution < 1.29 is 14.6 Å². The molecule has 0 bridgehead atoms. The van der Waals surface area contributed by atoms with Crippen molar-refractivity contribution in [1.29, 1.82) is 0 Å². The number of aliphatic hydroxyl groups excluding tert-OH is 1. The average Bonchev–Trinajstić information content (AvgIpc) is 1.85. The molecule has 0 unspecified atom stereocenters. The van der Waals surface area contributed by atoms with Crippen LogP contribution in [0.2, 0.25) is 0 Å². The lowest BCUT2D eigenvalue weighted by Gasteiger charge is -2.23. The highest BCUT2D eigenvalue weighted by atomic mass is 32.1. The topological polar surface area (TPSA) is 72.6 Å². The quantitative estimate of drug-likeness (QED) is 0.311. The fourth-order valence-corrected chi connectivity index (χ4v) is 0.547. The van der Waals surface area contributed by atoms with Crippen molar-refractivity contribution in [3.63, 3.8) is 0 Å². The monoisotopic (exact) mass is 179 g/mol. The Morgan fingerprint density at radius 1 is 1.82 bits per heavy atom. The molecule has 0 saturated carbocycles. The molecule has 0 amide bonds. The molecule has 0 spiro atoms. The zero-order valence-corrected chi connectivity index (χ0v) is 7.47. The first-order chi connectivity index (χ1) is 4.89. The van der Waals surface area contributed by atoms with E-state index < -0.39 is 23.6 Å². The SMILES string of the molecule is CC(C)(S)[C@H](N)C(=O)OCO. The summed E-state index contributed by atoms with van der Waals surface area (Å²) in [7, 11) is 0. The fraction of sp³-hybridized carbons (Fsp3) is 0.833. The summed E-state index contributed by atoms with van der Waals surface area (Å²) in [4.78, 5) is 10.8. The molecule has 0 fully saturated rings. The van der Waals surface area contributed by atoms with Gasteiger partial charge in [0.2, 0.25) is 0 Å². The molecule has 1 atom stereocenters. The van der Waals surface area contributed by atoms with Crippen LogP contribution in [0.25, 0.3) is 0 Å². The van der Waals surface area contributed by atoms with Crippen LogP contribution in [0.15, 0.2) is 0 Å². The number of thiol groups is 1. The first kappa shape index (κ1) is 10.7. The van der Waals surface area contributed by atoms with E-state index in [0.717, 1.165) is 0 Å². The van der Waals surface area contributed by atoms with Crippen molar-refractivity contribution in [3.8, 4) is 0 Å². The third-order valence-corrected chi connectivity index (χ3v) is 1.50. The van der Waals surface area contributed by atoms with Crippen molar-refractivity contribution >= 4 is 18.6 Å². The third-order valence-electron chi connectivity index (χ3n) is 1.22. The first-order valence-electron chi connectivity index (χ1n) is 3.15. The lowest BCUT2D eigenvalue weighted by Crippen LogP contribution is -2.46. The van der Waals surface area contributed by atoms with Gasteiger partial charge in [-0.15, -0.1) is 0 Å². The number of hydrogen-bond acceptors (Lipinski definition) is 5. The third kappa shape index (κ3) is 3.60. The number of hydrogen-bond donors (Lipinski definition) is 3. The van der Waals surface area contributed by atoms with Gasteiger partial charge in [-0.2, -0.15) is 12.6 Å². The van der Waals surface area contributed by atoms with E-state index >= 15 is 0 Å². The molecule has 0 radical (unpaired) electrons. The largest absolute Gasteiger partial charge is 0.437 e. The Morgan fingerprint density at radius 2 is 2.27 bits per heavy atom. The molecule has 5 heteroatoms. The molecule has 66 valence electrons. The Kier molecular flexibility index (Phi) is 3.85. The molecule has 0 aliphatic carbocycles. The van der Waals surface area contributed by atoms with Crippen LogP contribution in [0.5, 0.6) is 0 Å². The van der Waals surface area contributed by atoms with Gasteiger partial charge in [-0.25, -0.2) is 0 Å². The number of aliphatic hydroxyl groups is 1. The number of esters is 1. The van der Waals surface area contributed by atoms with Gasteiger partial charge < -0.3 is 15.6 Å². The molecule has 11 heavy (non-hydrogen) atoms. The summed E-state index contributed by atoms with van der Waals surface area (Å²) >= 11 is 4.07. The van der Waals surface area contributed by atoms with Gasteiger partial charge in [0.15, 0.2) is 6.79 Å². The molecule has 0 aromatic rings. The standard InChI is InChI=1S/C6H13NO3S/c1-6(2,11)4(7)5(9)10-3-8/h4,8,11H,3,7H2,1-2H3/t4-/m1/s1. The highest BCUT2D eigenvalue weighted by Gasteiger charge is 2.29. The van der Waals surface area contributed by atoms with Crippen LogP contribution in [-0.2, 0) is 9.53 Å². The Hall–Kier alpha value is -0.260. The molecule has 4 nitrogen and oxygen atoms in total. The molecule has 0 rings (SSSR count). The van der Waals surface area contributed by atoms with E-state index in [1.165, 1.54) is 0 Å². The van der Waals surface area contributed by atoms with Crippen LogP contribution >= 0.6 is 12.6 Å². The molecule has 0 aromatic carbocycles. The van der Waals surface area contributed by atoms with Crippen molar-refractivity contribution in [3.05, 3.63) is 0 Å². The number of carbonyl (C=O) groups is 1. The fourth-order valence-electron chi connectivity index (χ4n) is 0.442. The van der Waals surface area contributed by atoms with Gasteiger partial charge in [-0.05, 0) is 13.8 Å². The molecule has 0 heterocycles. The lowest BCUT2D eigenvalue weighted by atomic mass is 10.1. The summed E-state index contributed by atoms with van der Waals surface area (Å²) in [5.41, 5.74) is 5.42. The minimum atomic E-state index is -0.821. The maximum absolute atomic E-state index is 10.8. The summed E-state index contributed by atoms with van der Waals surface area (Å²) in [6.45, 7) is 2.75. The van der Waals surface area contributed by atoms with E-state index in [9.17, 15) is 4.79 Å². The first-order valence-corrected chi connectivity index (χ1v) is 3.59. The van der Waals surface area contributed by atoms with E-state index in [2.05, 4.69) is 17.4 Å². The number of carbonyl (C=O) groups excluding carboxylic acids is 1. The van der Waals surface area contributed by atoms with Gasteiger partial charge in [0.1, 0.15) is 6.04 Å². The van der Waals surface area contributed by atoms with Crippen LogP contribution in [0, 0.1) is 0 Å². The van der Waals surface area contributed by atoms with Gasteiger partial charge in [0, 0.05) is 4.75 Å². The van der Waals surface area contributed by atoms with Crippen molar-refractivity contribution in [2.24, 2.45) is 5.73 Å². The Morgan fingerprint density at radius 3 is 2.55 bits per heavy atom. The van der Waals surface area contributed by atoms with E-state index in [-0.39, 0.29) is 0 Å². The molecule has 0 aliphatic heterocycles. The maximum atomic E-state index is 10.8. The van der Waals surface area contributed by atoms with Crippen molar-refractivity contribution in [1.82, 2.24) is 0 Å². The Balaban J connectivity index is 4.03. The van der Waals surface area contributed by atoms with Crippen LogP contribution < -0.4 is 5.73 Å². The number of nitrogens with two attached hydrogens (primary N) is 1. The van der Waals surface area contributed by atoms with Gasteiger partial charge in [-0.1, -0.05) is 0 Å². The number of rotatable bonds is 3. The second-order valence-electron chi connectivity index (χ2n) is 2.72. The molecule has 0 saturated heterocycles. The zero-order chi connectivity index (χ0) is 9.07. The second kappa shape index (κ2) is 3.94. The predicted molar refractivity (Wildman–Crippen MR) is 44.2 cm³/mol. The van der Waals surface area contributed by atoms with E-state index in [4.69, 9.17) is 10.8 Å². The minimum Gasteiger partial charge on any atom is -0.437 e. The Bertz CT molecular complexity index is 143. The van der Waals surface area contributed by atoms with Crippen LogP contribution in [0.1, 0.15) is 13.8 Å². The van der Waals surface area contributed by atoms with Gasteiger partial charge in [0.05, 0.1) is 0 Å². The van der Waals surface area contributed by atoms with Crippen LogP contribution in [0.4, 0.5) is 0 Å². The van der Waals surface area contributed by atoms with Crippen molar-refractivity contribution in [2.75, 3.05) is 6.79 Å². The van der Waals surface area contributed by atoms with Crippen molar-refractivity contribution in [2.45, 2.75) is 24.6 Å². The summed E-state index contributed by atoms with van der Waals surface area (Å²) in [6, 6.07) is -0.821. The average molecular weight is 179 g/mol. The normalized spacial score (nSPS) is 14.3. The summed E-state index contributed by atoms with van der Waals surface area (Å²) < 4.78 is 3.64. The highest BCUT2D eigenvalue weighted by molar-refractivity contribution is 7.81. The van der Waals surface area contributed by atoms with Crippen LogP contribution in [-0.4, -0.2) is 28.7 Å². The van der Waals surface area contributed by atoms with Gasteiger partial charge in [0.25, 0.3) is 0 Å².